The Balaban J connectivity index is 2.09. The van der Waals surface area contributed by atoms with Gasteiger partial charge in [0.15, 0.2) is 0 Å². The summed E-state index contributed by atoms with van der Waals surface area (Å²) in [5, 5.41) is 21.7. The van der Waals surface area contributed by atoms with Gasteiger partial charge in [0, 0.05) is 16.7 Å². The predicted molar refractivity (Wildman–Crippen MR) is 85.0 cm³/mol. The van der Waals surface area contributed by atoms with Crippen LogP contribution in [0.25, 0.3) is 0 Å². The lowest BCUT2D eigenvalue weighted by atomic mass is 9.71. The third-order valence-electron chi connectivity index (χ3n) is 4.40. The molecule has 1 aliphatic rings. The maximum atomic E-state index is 11.7. The third kappa shape index (κ3) is 3.56. The van der Waals surface area contributed by atoms with Gasteiger partial charge < -0.3 is 10.4 Å². The highest BCUT2D eigenvalue weighted by molar-refractivity contribution is 9.10. The minimum absolute atomic E-state index is 0.416. The number of carbonyl (C=O) groups is 1. The molecular formula is C16H19BrN2O2. The van der Waals surface area contributed by atoms with E-state index in [1.807, 2.05) is 6.07 Å². The van der Waals surface area contributed by atoms with E-state index < -0.39 is 11.4 Å². The van der Waals surface area contributed by atoms with E-state index >= 15 is 0 Å². The molecule has 0 radical (unpaired) electrons. The fourth-order valence-corrected chi connectivity index (χ4v) is 3.29. The van der Waals surface area contributed by atoms with Crippen LogP contribution in [0.4, 0.5) is 5.69 Å². The first-order valence-corrected chi connectivity index (χ1v) is 7.93. The van der Waals surface area contributed by atoms with Crippen LogP contribution < -0.4 is 5.32 Å². The van der Waals surface area contributed by atoms with Gasteiger partial charge in [0.25, 0.3) is 0 Å². The van der Waals surface area contributed by atoms with E-state index in [2.05, 4.69) is 34.2 Å². The van der Waals surface area contributed by atoms with Crippen molar-refractivity contribution in [3.63, 3.8) is 0 Å². The minimum atomic E-state index is -0.716. The molecule has 0 amide bonds. The van der Waals surface area contributed by atoms with Gasteiger partial charge in [0.05, 0.1) is 17.0 Å². The number of nitrogens with zero attached hydrogens (tertiary/aromatic N) is 1. The molecule has 0 heterocycles. The monoisotopic (exact) mass is 350 g/mol. The Kier molecular flexibility index (Phi) is 4.89. The second-order valence-corrected chi connectivity index (χ2v) is 6.78. The third-order valence-corrected chi connectivity index (χ3v) is 5.06. The normalized spacial score (nSPS) is 25.1. The molecule has 0 aliphatic heterocycles. The van der Waals surface area contributed by atoms with Crippen LogP contribution in [0, 0.1) is 22.7 Å². The first-order chi connectivity index (χ1) is 9.97. The summed E-state index contributed by atoms with van der Waals surface area (Å²) in [5.74, 6) is -0.106. The Bertz CT molecular complexity index is 572. The summed E-state index contributed by atoms with van der Waals surface area (Å²) in [4.78, 5) is 11.7. The van der Waals surface area contributed by atoms with E-state index in [0.717, 1.165) is 23.0 Å². The summed E-state index contributed by atoms with van der Waals surface area (Å²) in [7, 11) is 0. The van der Waals surface area contributed by atoms with Crippen LogP contribution in [0.15, 0.2) is 22.7 Å². The molecule has 2 N–H and O–H groups in total. The Morgan fingerprint density at radius 3 is 2.71 bits per heavy atom. The summed E-state index contributed by atoms with van der Waals surface area (Å²) in [5.41, 5.74) is 0.722. The van der Waals surface area contributed by atoms with Crippen molar-refractivity contribution in [3.8, 4) is 6.07 Å². The summed E-state index contributed by atoms with van der Waals surface area (Å²) in [6.45, 7) is 2.59. The van der Waals surface area contributed by atoms with Gasteiger partial charge >= 0.3 is 5.97 Å². The van der Waals surface area contributed by atoms with E-state index in [9.17, 15) is 9.90 Å². The van der Waals surface area contributed by atoms with Crippen molar-refractivity contribution < 1.29 is 9.90 Å². The number of nitrogens with one attached hydrogen (secondary N) is 1. The Morgan fingerprint density at radius 1 is 1.52 bits per heavy atom. The molecule has 0 aromatic heterocycles. The van der Waals surface area contributed by atoms with Gasteiger partial charge in [-0.25, -0.2) is 0 Å². The first-order valence-electron chi connectivity index (χ1n) is 7.14. The number of hydrogen-bond acceptors (Lipinski definition) is 3. The SMILES string of the molecule is CC1CCC(CNc2ccc(C#N)cc2Br)(C(=O)O)CC1. The molecule has 0 unspecified atom stereocenters. The maximum Gasteiger partial charge on any atom is 0.311 e. The highest BCUT2D eigenvalue weighted by atomic mass is 79.9. The second kappa shape index (κ2) is 6.48. The summed E-state index contributed by atoms with van der Waals surface area (Å²) >= 11 is 3.42. The largest absolute Gasteiger partial charge is 0.481 e. The van der Waals surface area contributed by atoms with Gasteiger partial charge in [-0.05, 0) is 65.7 Å². The lowest BCUT2D eigenvalue weighted by Crippen LogP contribution is -2.41. The van der Waals surface area contributed by atoms with E-state index in [4.69, 9.17) is 5.26 Å². The molecule has 112 valence electrons. The van der Waals surface area contributed by atoms with Crippen molar-refractivity contribution in [2.75, 3.05) is 11.9 Å². The zero-order valence-electron chi connectivity index (χ0n) is 12.0. The smallest absolute Gasteiger partial charge is 0.311 e. The van der Waals surface area contributed by atoms with E-state index in [0.29, 0.717) is 30.9 Å². The Labute approximate surface area is 133 Å². The van der Waals surface area contributed by atoms with Crippen molar-refractivity contribution in [3.05, 3.63) is 28.2 Å². The van der Waals surface area contributed by atoms with Crippen LogP contribution in [-0.4, -0.2) is 17.6 Å². The lowest BCUT2D eigenvalue weighted by Gasteiger charge is -2.36. The van der Waals surface area contributed by atoms with Crippen molar-refractivity contribution in [1.82, 2.24) is 0 Å². The topological polar surface area (TPSA) is 73.1 Å². The van der Waals surface area contributed by atoms with Crippen molar-refractivity contribution in [1.29, 1.82) is 5.26 Å². The standard InChI is InChI=1S/C16H19BrN2O2/c1-11-4-6-16(7-5-11,15(20)21)10-19-14-3-2-12(9-18)8-13(14)17/h2-3,8,11,19H,4-7,10H2,1H3,(H,20,21). The average molecular weight is 351 g/mol. The number of carboxylic acids is 1. The molecule has 1 aliphatic carbocycles. The second-order valence-electron chi connectivity index (χ2n) is 5.93. The van der Waals surface area contributed by atoms with Crippen LogP contribution in [0.5, 0.6) is 0 Å². The van der Waals surface area contributed by atoms with E-state index in [-0.39, 0.29) is 0 Å². The zero-order chi connectivity index (χ0) is 15.5. The van der Waals surface area contributed by atoms with Crippen LogP contribution in [0.1, 0.15) is 38.2 Å². The fourth-order valence-electron chi connectivity index (χ4n) is 2.77. The van der Waals surface area contributed by atoms with E-state index in [1.54, 1.807) is 12.1 Å². The number of halogens is 1. The van der Waals surface area contributed by atoms with Gasteiger partial charge in [0.2, 0.25) is 0 Å². The van der Waals surface area contributed by atoms with Gasteiger partial charge in [-0.1, -0.05) is 6.92 Å². The quantitative estimate of drug-likeness (QED) is 0.860. The van der Waals surface area contributed by atoms with Crippen LogP contribution in [0.3, 0.4) is 0 Å². The molecule has 0 saturated heterocycles. The number of rotatable bonds is 4. The molecule has 1 saturated carbocycles. The number of carboxylic acid groups (broad SMARTS) is 1. The number of hydrogen-bond donors (Lipinski definition) is 2. The number of nitriles is 1. The van der Waals surface area contributed by atoms with Crippen LogP contribution in [-0.2, 0) is 4.79 Å². The molecule has 4 nitrogen and oxygen atoms in total. The molecule has 0 atom stereocenters. The van der Waals surface area contributed by atoms with Crippen molar-refractivity contribution >= 4 is 27.6 Å². The molecule has 1 aromatic carbocycles. The lowest BCUT2D eigenvalue weighted by molar-refractivity contribution is -0.150. The molecule has 2 rings (SSSR count). The summed E-state index contributed by atoms with van der Waals surface area (Å²) in [6.07, 6.45) is 3.35. The van der Waals surface area contributed by atoms with Crippen LogP contribution in [0.2, 0.25) is 0 Å². The van der Waals surface area contributed by atoms with Gasteiger partial charge in [-0.15, -0.1) is 0 Å². The Hall–Kier alpha value is -1.54. The average Bonchev–Trinajstić information content (AvgIpc) is 2.47. The molecule has 1 aromatic rings. The summed E-state index contributed by atoms with van der Waals surface area (Å²) < 4.78 is 0.784. The molecule has 5 heteroatoms. The molecule has 21 heavy (non-hydrogen) atoms. The van der Waals surface area contributed by atoms with Crippen molar-refractivity contribution in [2.45, 2.75) is 32.6 Å². The molecular weight excluding hydrogens is 332 g/mol. The number of anilines is 1. The van der Waals surface area contributed by atoms with Gasteiger partial charge in [-0.3, -0.25) is 4.79 Å². The fraction of sp³-hybridized carbons (Fsp3) is 0.500. The highest BCUT2D eigenvalue weighted by Crippen LogP contribution is 2.39. The molecule has 0 spiro atoms. The minimum Gasteiger partial charge on any atom is -0.481 e. The summed E-state index contributed by atoms with van der Waals surface area (Å²) in [6, 6.07) is 7.35. The van der Waals surface area contributed by atoms with Gasteiger partial charge in [0.1, 0.15) is 0 Å². The predicted octanol–water partition coefficient (Wildman–Crippen LogP) is 4.01. The van der Waals surface area contributed by atoms with Gasteiger partial charge in [-0.2, -0.15) is 5.26 Å². The zero-order valence-corrected chi connectivity index (χ0v) is 13.6. The van der Waals surface area contributed by atoms with Crippen LogP contribution >= 0.6 is 15.9 Å². The maximum absolute atomic E-state index is 11.7. The molecule has 1 fully saturated rings. The highest BCUT2D eigenvalue weighted by Gasteiger charge is 2.41. The Morgan fingerprint density at radius 2 is 2.19 bits per heavy atom. The first kappa shape index (κ1) is 15.8. The van der Waals surface area contributed by atoms with Crippen molar-refractivity contribution in [2.24, 2.45) is 11.3 Å². The molecule has 0 bridgehead atoms. The van der Waals surface area contributed by atoms with E-state index in [1.165, 1.54) is 0 Å². The number of aliphatic carboxylic acids is 1. The number of benzene rings is 1.